The maximum atomic E-state index is 10.7. The lowest BCUT2D eigenvalue weighted by molar-refractivity contribution is -0.326. The van der Waals surface area contributed by atoms with Crippen LogP contribution in [0.4, 0.5) is 9.01 Å². The van der Waals surface area contributed by atoms with Crippen LogP contribution in [0.2, 0.25) is 0 Å². The van der Waals surface area contributed by atoms with Gasteiger partial charge < -0.3 is 0 Å². The van der Waals surface area contributed by atoms with Crippen LogP contribution in [-0.2, 0) is 5.04 Å². The molecule has 0 spiro atoms. The van der Waals surface area contributed by atoms with Gasteiger partial charge in [-0.05, 0) is 4.53 Å². The van der Waals surface area contributed by atoms with Crippen molar-refractivity contribution in [2.75, 3.05) is 0 Å². The summed E-state index contributed by atoms with van der Waals surface area (Å²) in [5.74, 6) is 0. The average molecular weight is 195 g/mol. The molecule has 0 unspecified atom stereocenters. The van der Waals surface area contributed by atoms with E-state index in [0.717, 1.165) is 22.9 Å². The molecule has 0 aliphatic heterocycles. The van der Waals surface area contributed by atoms with Crippen molar-refractivity contribution in [3.05, 3.63) is 0 Å². The van der Waals surface area contributed by atoms with Gasteiger partial charge in [-0.1, -0.05) is 9.52 Å². The summed E-state index contributed by atoms with van der Waals surface area (Å²) in [5.41, 5.74) is 0. The fourth-order valence-electron chi connectivity index (χ4n) is 0. The molecule has 0 heterocycles. The van der Waals surface area contributed by atoms with Gasteiger partial charge in [0.05, 0.1) is 26.4 Å². The van der Waals surface area contributed by atoms with Crippen LogP contribution in [0.5, 0.6) is 0 Å². The molecule has 0 aromatic carbocycles. The van der Waals surface area contributed by atoms with Crippen molar-refractivity contribution in [3.8, 4) is 0 Å². The standard InChI is InChI=1S/F2INO/c1-4(3)5-2. The highest BCUT2D eigenvalue weighted by Crippen LogP contribution is 1.97. The van der Waals surface area contributed by atoms with E-state index >= 15 is 0 Å². The maximum Gasteiger partial charge on any atom is 0.0963 e. The molecule has 0 saturated carbocycles. The first kappa shape index (κ1) is 5.51. The van der Waals surface area contributed by atoms with Crippen molar-refractivity contribution in [1.82, 2.24) is 3.50 Å². The van der Waals surface area contributed by atoms with Gasteiger partial charge in [0.2, 0.25) is 0 Å². The van der Waals surface area contributed by atoms with Crippen molar-refractivity contribution in [2.45, 2.75) is 0 Å². The maximum absolute atomic E-state index is 10.7. The molecule has 0 saturated heterocycles. The zero-order valence-electron chi connectivity index (χ0n) is 1.99. The van der Waals surface area contributed by atoms with Crippen LogP contribution in [0.25, 0.3) is 0 Å². The summed E-state index contributed by atoms with van der Waals surface area (Å²) in [4.78, 5) is 0. The van der Waals surface area contributed by atoms with Gasteiger partial charge in [-0.25, -0.2) is 0 Å². The molecule has 0 aliphatic carbocycles. The first-order chi connectivity index (χ1) is 2.27. The van der Waals surface area contributed by atoms with Crippen molar-refractivity contribution in [2.24, 2.45) is 0 Å². The van der Waals surface area contributed by atoms with Crippen molar-refractivity contribution in [3.63, 3.8) is 0 Å². The van der Waals surface area contributed by atoms with Crippen molar-refractivity contribution >= 4 is 22.9 Å². The summed E-state index contributed by atoms with van der Waals surface area (Å²) in [6, 6.07) is 0. The molecule has 2 nitrogen and oxygen atoms in total. The molecule has 5 heteroatoms. The molecule has 0 aromatic heterocycles. The molecule has 5 heavy (non-hydrogen) atoms. The highest BCUT2D eigenvalue weighted by atomic mass is 127. The second kappa shape index (κ2) is 2.73. The average Bonchev–Trinajstić information content (AvgIpc) is 1.38. The normalized spacial score (nSPS) is 9.60. The molecule has 0 N–H and O–H groups in total. The second-order valence-electron chi connectivity index (χ2n) is 0.271. The lowest BCUT2D eigenvalue weighted by atomic mass is 13.4. The first-order valence-corrected chi connectivity index (χ1v) is 1.64. The molecule has 0 fully saturated rings. The highest BCUT2D eigenvalue weighted by molar-refractivity contribution is 14.1. The van der Waals surface area contributed by atoms with Crippen LogP contribution < -0.4 is 0 Å². The topological polar surface area (TPSA) is 12.5 Å². The minimum absolute atomic E-state index is 0.572. The summed E-state index contributed by atoms with van der Waals surface area (Å²) < 4.78 is 20.2. The van der Waals surface area contributed by atoms with E-state index in [4.69, 9.17) is 0 Å². The summed E-state index contributed by atoms with van der Waals surface area (Å²) in [6.45, 7) is 0. The SMILES string of the molecule is FON(F)I. The minimum Gasteiger partial charge on any atom is -0.0922 e. The predicted molar refractivity (Wildman–Crippen MR) is 19.2 cm³/mol. The zero-order chi connectivity index (χ0) is 4.28. The van der Waals surface area contributed by atoms with E-state index in [1.807, 2.05) is 0 Å². The summed E-state index contributed by atoms with van der Waals surface area (Å²) >= 11 is 0.976. The van der Waals surface area contributed by atoms with Crippen LogP contribution in [-0.4, -0.2) is 3.50 Å². The molecule has 32 valence electrons. The third-order valence-corrected chi connectivity index (χ3v) is 0.201. The van der Waals surface area contributed by atoms with E-state index in [1.165, 1.54) is 0 Å². The lowest BCUT2D eigenvalue weighted by Gasteiger charge is -1.83. The van der Waals surface area contributed by atoms with Crippen LogP contribution in [0.1, 0.15) is 0 Å². The second-order valence-corrected chi connectivity index (χ2v) is 1.03. The molecule has 0 aliphatic rings. The first-order valence-electron chi connectivity index (χ1n) is 0.675. The number of nitrogens with zero attached hydrogens (tertiary/aromatic N) is 1. The molecule has 0 amide bonds. The molecule has 0 rings (SSSR count). The quantitative estimate of drug-likeness (QED) is 0.355. The Bertz CT molecular complexity index is 23.6. The number of rotatable bonds is 1. The third kappa shape index (κ3) is 4.51. The smallest absolute Gasteiger partial charge is 0.0922 e. The van der Waals surface area contributed by atoms with Crippen LogP contribution in [0, 0.1) is 0 Å². The Morgan fingerprint density at radius 2 is 2.00 bits per heavy atom. The van der Waals surface area contributed by atoms with Gasteiger partial charge in [-0.3, -0.25) is 0 Å². The van der Waals surface area contributed by atoms with Gasteiger partial charge in [0.25, 0.3) is 0 Å². The van der Waals surface area contributed by atoms with Crippen molar-refractivity contribution < 1.29 is 14.0 Å². The summed E-state index contributed by atoms with van der Waals surface area (Å²) in [6.07, 6.45) is 0. The molecular formula is F2INO. The van der Waals surface area contributed by atoms with Gasteiger partial charge in [-0.2, -0.15) is 0 Å². The Hall–Kier alpha value is 0.510. The Labute approximate surface area is 41.0 Å². The minimum atomic E-state index is -0.572. The Morgan fingerprint density at radius 1 is 1.80 bits per heavy atom. The zero-order valence-corrected chi connectivity index (χ0v) is 4.15. The highest BCUT2D eigenvalue weighted by Gasteiger charge is 1.87. The van der Waals surface area contributed by atoms with E-state index in [9.17, 15) is 9.01 Å². The number of halogens is 3. The fraction of sp³-hybridized carbons (Fsp3) is 0. The number of hydrogen-bond acceptors (Lipinski definition) is 2. The van der Waals surface area contributed by atoms with Crippen LogP contribution >= 0.6 is 22.9 Å². The largest absolute Gasteiger partial charge is 0.0963 e. The molecule has 0 bridgehead atoms. The Kier molecular flexibility index (Phi) is 3.01. The predicted octanol–water partition coefficient (Wildman–Crippen LogP) is 1.34. The van der Waals surface area contributed by atoms with Crippen LogP contribution in [0.3, 0.4) is 0 Å². The molecule has 0 atom stereocenters. The summed E-state index contributed by atoms with van der Waals surface area (Å²) in [7, 11) is 0. The van der Waals surface area contributed by atoms with E-state index in [-0.39, 0.29) is 0 Å². The van der Waals surface area contributed by atoms with E-state index < -0.39 is 3.50 Å². The van der Waals surface area contributed by atoms with Gasteiger partial charge in [0.15, 0.2) is 0 Å². The third-order valence-electron chi connectivity index (χ3n) is 0.0522. The summed E-state index contributed by atoms with van der Waals surface area (Å²) in [5, 5.41) is 2.40. The van der Waals surface area contributed by atoms with Gasteiger partial charge >= 0.3 is 0 Å². The molecular weight excluding hydrogens is 195 g/mol. The van der Waals surface area contributed by atoms with Crippen LogP contribution in [0.15, 0.2) is 0 Å². The molecule has 0 aromatic rings. The van der Waals surface area contributed by atoms with E-state index in [0.29, 0.717) is 0 Å². The number of hydrogen-bond donors (Lipinski definition) is 0. The van der Waals surface area contributed by atoms with Crippen molar-refractivity contribution in [1.29, 1.82) is 0 Å². The monoisotopic (exact) mass is 195 g/mol. The Morgan fingerprint density at radius 3 is 2.00 bits per heavy atom. The Balaban J connectivity index is 2.54. The van der Waals surface area contributed by atoms with E-state index in [1.54, 1.807) is 0 Å². The van der Waals surface area contributed by atoms with Gasteiger partial charge in [0.1, 0.15) is 0 Å². The molecule has 0 radical (unpaired) electrons. The fourth-order valence-corrected chi connectivity index (χ4v) is 0. The lowest BCUT2D eigenvalue weighted by Crippen LogP contribution is -1.86. The van der Waals surface area contributed by atoms with Gasteiger partial charge in [-0.15, -0.1) is 0 Å². The van der Waals surface area contributed by atoms with E-state index in [2.05, 4.69) is 5.04 Å². The van der Waals surface area contributed by atoms with Gasteiger partial charge in [0, 0.05) is 0 Å².